The molecule has 80 valence electrons. The Morgan fingerprint density at radius 1 is 1.40 bits per heavy atom. The van der Waals surface area contributed by atoms with Gasteiger partial charge in [-0.2, -0.15) is 0 Å². The van der Waals surface area contributed by atoms with Crippen molar-refractivity contribution in [2.24, 2.45) is 5.84 Å². The zero-order valence-corrected chi connectivity index (χ0v) is 9.00. The lowest BCUT2D eigenvalue weighted by Crippen LogP contribution is -2.29. The van der Waals surface area contributed by atoms with Gasteiger partial charge in [0.15, 0.2) is 0 Å². The average molecular weight is 225 g/mol. The van der Waals surface area contributed by atoms with Crippen LogP contribution in [0.4, 0.5) is 0 Å². The zero-order valence-electron chi connectivity index (χ0n) is 8.24. The van der Waals surface area contributed by atoms with Crippen molar-refractivity contribution in [2.45, 2.75) is 12.5 Å². The second-order valence-corrected chi connectivity index (χ2v) is 3.77. The van der Waals surface area contributed by atoms with E-state index in [4.69, 9.17) is 22.2 Å². The van der Waals surface area contributed by atoms with Gasteiger partial charge in [0, 0.05) is 11.4 Å². The van der Waals surface area contributed by atoms with Gasteiger partial charge in [0.1, 0.15) is 11.8 Å². The number of rotatable bonds is 3. The molecular formula is C11H13ClN2O. The van der Waals surface area contributed by atoms with Crippen molar-refractivity contribution >= 4 is 11.6 Å². The van der Waals surface area contributed by atoms with E-state index < -0.39 is 0 Å². The zero-order chi connectivity index (χ0) is 10.7. The molecule has 0 saturated carbocycles. The predicted octanol–water partition coefficient (Wildman–Crippen LogP) is 2.15. The number of nitrogens with one attached hydrogen (secondary N) is 1. The number of benzene rings is 1. The normalized spacial score (nSPS) is 17.1. The number of hydrogen-bond acceptors (Lipinski definition) is 3. The highest BCUT2D eigenvalue weighted by molar-refractivity contribution is 6.31. The first-order valence-corrected chi connectivity index (χ1v) is 5.24. The van der Waals surface area contributed by atoms with Crippen molar-refractivity contribution < 1.29 is 4.74 Å². The van der Waals surface area contributed by atoms with E-state index in [9.17, 15) is 0 Å². The van der Waals surface area contributed by atoms with Crippen molar-refractivity contribution in [2.75, 3.05) is 6.61 Å². The van der Waals surface area contributed by atoms with E-state index in [2.05, 4.69) is 5.43 Å². The maximum absolute atomic E-state index is 6.10. The van der Waals surface area contributed by atoms with Gasteiger partial charge in [0.2, 0.25) is 0 Å². The van der Waals surface area contributed by atoms with Gasteiger partial charge < -0.3 is 4.74 Å². The van der Waals surface area contributed by atoms with E-state index in [1.54, 1.807) is 0 Å². The van der Waals surface area contributed by atoms with E-state index in [1.165, 1.54) is 0 Å². The number of hydrogen-bond donors (Lipinski definition) is 2. The van der Waals surface area contributed by atoms with Crippen LogP contribution in [0.25, 0.3) is 0 Å². The molecule has 0 amide bonds. The standard InChI is InChI=1S/C11H13ClN2O/c12-9-5-2-1-4-8(9)11(14-13)10-6-3-7-15-10/h1-2,4-6,11,14H,3,7,13H2. The van der Waals surface area contributed by atoms with E-state index in [0.29, 0.717) is 5.02 Å². The van der Waals surface area contributed by atoms with Crippen LogP contribution in [0.5, 0.6) is 0 Å². The molecule has 0 fully saturated rings. The summed E-state index contributed by atoms with van der Waals surface area (Å²) >= 11 is 6.10. The van der Waals surface area contributed by atoms with Crippen LogP contribution >= 0.6 is 11.6 Å². The first kappa shape index (κ1) is 10.5. The SMILES string of the molecule is NNC(C1=CCCO1)c1ccccc1Cl. The molecule has 2 rings (SSSR count). The minimum absolute atomic E-state index is 0.152. The lowest BCUT2D eigenvalue weighted by molar-refractivity contribution is 0.216. The molecule has 4 heteroatoms. The predicted molar refractivity (Wildman–Crippen MR) is 60.2 cm³/mol. The third-order valence-corrected chi connectivity index (χ3v) is 2.74. The van der Waals surface area contributed by atoms with Crippen LogP contribution < -0.4 is 11.3 Å². The number of hydrazine groups is 1. The quantitative estimate of drug-likeness (QED) is 0.611. The molecule has 1 aromatic rings. The molecule has 1 unspecified atom stereocenters. The first-order chi connectivity index (χ1) is 7.33. The summed E-state index contributed by atoms with van der Waals surface area (Å²) in [5.74, 6) is 6.38. The molecular weight excluding hydrogens is 212 g/mol. The summed E-state index contributed by atoms with van der Waals surface area (Å²) in [4.78, 5) is 0. The Morgan fingerprint density at radius 3 is 2.80 bits per heavy atom. The van der Waals surface area contributed by atoms with Gasteiger partial charge >= 0.3 is 0 Å². The molecule has 3 N–H and O–H groups in total. The third kappa shape index (κ3) is 2.15. The summed E-state index contributed by atoms with van der Waals surface area (Å²) in [7, 11) is 0. The van der Waals surface area contributed by atoms with Crippen molar-refractivity contribution in [3.8, 4) is 0 Å². The summed E-state index contributed by atoms with van der Waals surface area (Å²) in [6, 6.07) is 7.46. The molecule has 0 radical (unpaired) electrons. The Labute approximate surface area is 93.8 Å². The molecule has 0 spiro atoms. The number of halogens is 1. The summed E-state index contributed by atoms with van der Waals surface area (Å²) in [6.07, 6.45) is 2.96. The molecule has 0 aliphatic carbocycles. The Bertz CT molecular complexity index is 379. The maximum atomic E-state index is 6.10. The van der Waals surface area contributed by atoms with Crippen LogP contribution in [0.15, 0.2) is 36.1 Å². The van der Waals surface area contributed by atoms with E-state index >= 15 is 0 Å². The number of ether oxygens (including phenoxy) is 1. The van der Waals surface area contributed by atoms with E-state index in [0.717, 1.165) is 24.4 Å². The van der Waals surface area contributed by atoms with Gasteiger partial charge in [0.25, 0.3) is 0 Å². The Hall–Kier alpha value is -1.03. The maximum Gasteiger partial charge on any atom is 0.115 e. The molecule has 0 aromatic heterocycles. The average Bonchev–Trinajstić information content (AvgIpc) is 2.75. The fourth-order valence-corrected chi connectivity index (χ4v) is 1.92. The molecule has 3 nitrogen and oxygen atoms in total. The van der Waals surface area contributed by atoms with Gasteiger partial charge in [-0.1, -0.05) is 29.8 Å². The van der Waals surface area contributed by atoms with Crippen LogP contribution in [-0.2, 0) is 4.74 Å². The first-order valence-electron chi connectivity index (χ1n) is 4.86. The van der Waals surface area contributed by atoms with Crippen molar-refractivity contribution in [1.29, 1.82) is 0 Å². The molecule has 0 saturated heterocycles. The minimum atomic E-state index is -0.152. The van der Waals surface area contributed by atoms with Crippen LogP contribution in [-0.4, -0.2) is 6.61 Å². The largest absolute Gasteiger partial charge is 0.496 e. The second kappa shape index (κ2) is 4.66. The fourth-order valence-electron chi connectivity index (χ4n) is 1.67. The van der Waals surface area contributed by atoms with Crippen LogP contribution in [0.2, 0.25) is 5.02 Å². The van der Waals surface area contributed by atoms with E-state index in [1.807, 2.05) is 30.3 Å². The van der Waals surface area contributed by atoms with E-state index in [-0.39, 0.29) is 6.04 Å². The lowest BCUT2D eigenvalue weighted by Gasteiger charge is -2.18. The lowest BCUT2D eigenvalue weighted by atomic mass is 10.1. The molecule has 1 aliphatic heterocycles. The Kier molecular flexibility index (Phi) is 3.26. The molecule has 1 atom stereocenters. The second-order valence-electron chi connectivity index (χ2n) is 3.36. The van der Waals surface area contributed by atoms with Crippen molar-refractivity contribution in [3.63, 3.8) is 0 Å². The summed E-state index contributed by atoms with van der Waals surface area (Å²) in [5.41, 5.74) is 3.66. The Balaban J connectivity index is 2.30. The topological polar surface area (TPSA) is 47.3 Å². The van der Waals surface area contributed by atoms with Crippen molar-refractivity contribution in [3.05, 3.63) is 46.7 Å². The van der Waals surface area contributed by atoms with Gasteiger partial charge in [0.05, 0.1) is 6.61 Å². The van der Waals surface area contributed by atoms with Gasteiger partial charge in [-0.3, -0.25) is 5.84 Å². The fraction of sp³-hybridized carbons (Fsp3) is 0.273. The molecule has 1 heterocycles. The van der Waals surface area contributed by atoms with Gasteiger partial charge in [-0.25, -0.2) is 5.43 Å². The highest BCUT2D eigenvalue weighted by Crippen LogP contribution is 2.30. The summed E-state index contributed by atoms with van der Waals surface area (Å²) in [6.45, 7) is 0.720. The van der Waals surface area contributed by atoms with Gasteiger partial charge in [-0.15, -0.1) is 0 Å². The molecule has 15 heavy (non-hydrogen) atoms. The van der Waals surface area contributed by atoms with Gasteiger partial charge in [-0.05, 0) is 17.7 Å². The molecule has 0 bridgehead atoms. The Morgan fingerprint density at radius 2 is 2.20 bits per heavy atom. The summed E-state index contributed by atoms with van der Waals surface area (Å²) < 4.78 is 5.48. The number of nitrogens with two attached hydrogens (primary N) is 1. The molecule has 1 aliphatic rings. The third-order valence-electron chi connectivity index (χ3n) is 2.40. The molecule has 1 aromatic carbocycles. The monoisotopic (exact) mass is 224 g/mol. The van der Waals surface area contributed by atoms with Crippen LogP contribution in [0.3, 0.4) is 0 Å². The van der Waals surface area contributed by atoms with Crippen LogP contribution in [0.1, 0.15) is 18.0 Å². The summed E-state index contributed by atoms with van der Waals surface area (Å²) in [5, 5.41) is 0.692. The smallest absolute Gasteiger partial charge is 0.115 e. The highest BCUT2D eigenvalue weighted by Gasteiger charge is 2.21. The minimum Gasteiger partial charge on any atom is -0.496 e. The van der Waals surface area contributed by atoms with Crippen molar-refractivity contribution in [1.82, 2.24) is 5.43 Å². The highest BCUT2D eigenvalue weighted by atomic mass is 35.5. The van der Waals surface area contributed by atoms with Crippen LogP contribution in [0, 0.1) is 0 Å².